The maximum absolute atomic E-state index is 12.1. The number of nitrogens with zero attached hydrogens (tertiary/aromatic N) is 1. The van der Waals surface area contributed by atoms with E-state index in [1.807, 2.05) is 3.11 Å². The van der Waals surface area contributed by atoms with Gasteiger partial charge in [-0.15, -0.1) is 0 Å². The molecule has 0 aromatic heterocycles. The molecule has 0 aromatic carbocycles. The molecule has 0 heterocycles. The zero-order valence-corrected chi connectivity index (χ0v) is 14.7. The Labute approximate surface area is 133 Å². The quantitative estimate of drug-likeness (QED) is 0.288. The Morgan fingerprint density at radius 2 is 1.58 bits per heavy atom. The summed E-state index contributed by atoms with van der Waals surface area (Å²) in [6.07, 6.45) is 16.1. The van der Waals surface area contributed by atoms with Crippen molar-refractivity contribution < 1.29 is 4.79 Å². The van der Waals surface area contributed by atoms with Crippen LogP contribution in [0.3, 0.4) is 0 Å². The first-order valence-electron chi connectivity index (χ1n) is 8.23. The lowest BCUT2D eigenvalue weighted by atomic mass is 9.95. The van der Waals surface area contributed by atoms with Crippen molar-refractivity contribution in [1.29, 1.82) is 0 Å². The smallest absolute Gasteiger partial charge is 0.231 e. The molecule has 1 amide bonds. The third-order valence-electron chi connectivity index (χ3n) is 4.13. The molecule has 1 fully saturated rings. The standard InChI is InChI=1S/C16H30INO/c1-2-3-4-5-6-7-11-14-16(19)18(17)15-12-9-8-10-13-15/h15H,2-14H2,1H3. The van der Waals surface area contributed by atoms with Gasteiger partial charge >= 0.3 is 0 Å². The molecule has 0 spiro atoms. The summed E-state index contributed by atoms with van der Waals surface area (Å²) in [6, 6.07) is 0.520. The first-order chi connectivity index (χ1) is 9.25. The lowest BCUT2D eigenvalue weighted by molar-refractivity contribution is -0.126. The van der Waals surface area contributed by atoms with Gasteiger partial charge in [0.15, 0.2) is 0 Å². The molecule has 0 aromatic rings. The molecular weight excluding hydrogens is 349 g/mol. The van der Waals surface area contributed by atoms with E-state index in [1.54, 1.807) is 0 Å². The Morgan fingerprint density at radius 1 is 1.00 bits per heavy atom. The number of unbranched alkanes of at least 4 members (excludes halogenated alkanes) is 6. The van der Waals surface area contributed by atoms with Gasteiger partial charge in [0.1, 0.15) is 0 Å². The number of hydrogen-bond donors (Lipinski definition) is 0. The number of hydrogen-bond acceptors (Lipinski definition) is 1. The fourth-order valence-electron chi connectivity index (χ4n) is 2.85. The van der Waals surface area contributed by atoms with E-state index in [1.165, 1.54) is 70.6 Å². The molecule has 1 aliphatic rings. The molecule has 0 N–H and O–H groups in total. The van der Waals surface area contributed by atoms with Crippen molar-refractivity contribution in [2.24, 2.45) is 0 Å². The second-order valence-electron chi connectivity index (χ2n) is 5.87. The molecule has 1 aliphatic carbocycles. The normalized spacial score (nSPS) is 16.5. The Hall–Kier alpha value is 0.200. The first kappa shape index (κ1) is 17.3. The van der Waals surface area contributed by atoms with Gasteiger partial charge in [-0.05, 0) is 19.3 Å². The van der Waals surface area contributed by atoms with Gasteiger partial charge in [0.2, 0.25) is 5.91 Å². The van der Waals surface area contributed by atoms with Crippen LogP contribution in [0.1, 0.15) is 90.4 Å². The lowest BCUT2D eigenvalue weighted by Crippen LogP contribution is -2.33. The van der Waals surface area contributed by atoms with Crippen molar-refractivity contribution >= 4 is 28.8 Å². The third kappa shape index (κ3) is 7.52. The SMILES string of the molecule is CCCCCCCCCC(=O)N(I)C1CCCCC1. The number of carbonyl (C=O) groups is 1. The molecule has 3 heteroatoms. The average molecular weight is 379 g/mol. The topological polar surface area (TPSA) is 20.3 Å². The average Bonchev–Trinajstić information content (AvgIpc) is 2.46. The van der Waals surface area contributed by atoms with Crippen molar-refractivity contribution in [2.45, 2.75) is 96.4 Å². The maximum atomic E-state index is 12.1. The van der Waals surface area contributed by atoms with E-state index in [0.29, 0.717) is 11.9 Å². The molecular formula is C16H30INO. The summed E-state index contributed by atoms with van der Waals surface area (Å²) in [6.45, 7) is 2.25. The molecule has 112 valence electrons. The predicted molar refractivity (Wildman–Crippen MR) is 90.3 cm³/mol. The highest BCUT2D eigenvalue weighted by Crippen LogP contribution is 2.26. The van der Waals surface area contributed by atoms with Crippen molar-refractivity contribution in [1.82, 2.24) is 3.11 Å². The van der Waals surface area contributed by atoms with Gasteiger partial charge < -0.3 is 0 Å². The summed E-state index contributed by atoms with van der Waals surface area (Å²) in [5.74, 6) is 0.362. The first-order valence-corrected chi connectivity index (χ1v) is 9.20. The van der Waals surface area contributed by atoms with Crippen LogP contribution in [0, 0.1) is 0 Å². The van der Waals surface area contributed by atoms with Crippen LogP contribution < -0.4 is 0 Å². The molecule has 2 nitrogen and oxygen atoms in total. The van der Waals surface area contributed by atoms with Crippen molar-refractivity contribution in [3.63, 3.8) is 0 Å². The van der Waals surface area contributed by atoms with Crippen LogP contribution in [0.2, 0.25) is 0 Å². The Balaban J connectivity index is 2.03. The van der Waals surface area contributed by atoms with Gasteiger partial charge in [0.25, 0.3) is 0 Å². The molecule has 0 radical (unpaired) electrons. The summed E-state index contributed by atoms with van der Waals surface area (Å²) in [7, 11) is 0. The minimum atomic E-state index is 0.362. The van der Waals surface area contributed by atoms with Crippen LogP contribution in [-0.4, -0.2) is 15.1 Å². The van der Waals surface area contributed by atoms with E-state index >= 15 is 0 Å². The van der Waals surface area contributed by atoms with Gasteiger partial charge in [0, 0.05) is 12.5 Å². The highest BCUT2D eigenvalue weighted by Gasteiger charge is 2.22. The van der Waals surface area contributed by atoms with E-state index in [2.05, 4.69) is 29.8 Å². The van der Waals surface area contributed by atoms with Crippen LogP contribution in [0.5, 0.6) is 0 Å². The molecule has 0 unspecified atom stereocenters. The third-order valence-corrected chi connectivity index (χ3v) is 5.45. The van der Waals surface area contributed by atoms with Crippen LogP contribution >= 0.6 is 22.9 Å². The Kier molecular flexibility index (Phi) is 9.92. The fraction of sp³-hybridized carbons (Fsp3) is 0.938. The number of amides is 1. The van der Waals surface area contributed by atoms with Gasteiger partial charge in [-0.3, -0.25) is 7.91 Å². The van der Waals surface area contributed by atoms with E-state index < -0.39 is 0 Å². The molecule has 0 saturated heterocycles. The predicted octanol–water partition coefficient (Wildman–Crippen LogP) is 5.64. The van der Waals surface area contributed by atoms with E-state index in [9.17, 15) is 4.79 Å². The summed E-state index contributed by atoms with van der Waals surface area (Å²) >= 11 is 2.25. The van der Waals surface area contributed by atoms with E-state index in [4.69, 9.17) is 0 Å². The van der Waals surface area contributed by atoms with E-state index in [0.717, 1.165) is 12.8 Å². The highest BCUT2D eigenvalue weighted by atomic mass is 127. The molecule has 1 rings (SSSR count). The fourth-order valence-corrected chi connectivity index (χ4v) is 3.65. The summed E-state index contributed by atoms with van der Waals surface area (Å²) in [5, 5.41) is 0. The number of halogens is 1. The zero-order chi connectivity index (χ0) is 13.9. The van der Waals surface area contributed by atoms with Gasteiger partial charge in [-0.1, -0.05) is 64.7 Å². The monoisotopic (exact) mass is 379 g/mol. The zero-order valence-electron chi connectivity index (χ0n) is 12.5. The Bertz CT molecular complexity index is 239. The van der Waals surface area contributed by atoms with Crippen molar-refractivity contribution in [3.05, 3.63) is 0 Å². The van der Waals surface area contributed by atoms with Gasteiger partial charge in [0.05, 0.1) is 22.9 Å². The second-order valence-corrected chi connectivity index (χ2v) is 6.91. The minimum Gasteiger partial charge on any atom is -0.282 e. The highest BCUT2D eigenvalue weighted by molar-refractivity contribution is 14.1. The van der Waals surface area contributed by atoms with Crippen molar-refractivity contribution in [2.75, 3.05) is 0 Å². The number of carbonyl (C=O) groups excluding carboxylic acids is 1. The molecule has 0 atom stereocenters. The summed E-state index contributed by atoms with van der Waals surface area (Å²) in [4.78, 5) is 12.1. The largest absolute Gasteiger partial charge is 0.282 e. The molecule has 0 aliphatic heterocycles. The second kappa shape index (κ2) is 10.9. The maximum Gasteiger partial charge on any atom is 0.231 e. The molecule has 0 bridgehead atoms. The van der Waals surface area contributed by atoms with Gasteiger partial charge in [-0.2, -0.15) is 0 Å². The van der Waals surface area contributed by atoms with Gasteiger partial charge in [-0.25, -0.2) is 0 Å². The molecule has 1 saturated carbocycles. The van der Waals surface area contributed by atoms with Crippen LogP contribution in [0.25, 0.3) is 0 Å². The minimum absolute atomic E-state index is 0.362. The molecule has 19 heavy (non-hydrogen) atoms. The van der Waals surface area contributed by atoms with Crippen molar-refractivity contribution in [3.8, 4) is 0 Å². The van der Waals surface area contributed by atoms with Crippen LogP contribution in [0.4, 0.5) is 0 Å². The number of rotatable bonds is 9. The van der Waals surface area contributed by atoms with Crippen LogP contribution in [0.15, 0.2) is 0 Å². The summed E-state index contributed by atoms with van der Waals surface area (Å²) < 4.78 is 2.01. The van der Waals surface area contributed by atoms with Crippen LogP contribution in [-0.2, 0) is 4.79 Å². The lowest BCUT2D eigenvalue weighted by Gasteiger charge is -2.29. The Morgan fingerprint density at radius 3 is 2.21 bits per heavy atom. The summed E-state index contributed by atoms with van der Waals surface area (Å²) in [5.41, 5.74) is 0. The van der Waals surface area contributed by atoms with E-state index in [-0.39, 0.29) is 0 Å².